The molecule has 0 saturated heterocycles. The number of H-pyrrole nitrogens is 1. The Morgan fingerprint density at radius 3 is 3.09 bits per heavy atom. The summed E-state index contributed by atoms with van der Waals surface area (Å²) in [6, 6.07) is 11.7. The van der Waals surface area contributed by atoms with Gasteiger partial charge in [0.15, 0.2) is 0 Å². The van der Waals surface area contributed by atoms with E-state index in [0.29, 0.717) is 0 Å². The van der Waals surface area contributed by atoms with Crippen LogP contribution in [0.2, 0.25) is 0 Å². The number of nitrogens with one attached hydrogen (secondary N) is 2. The highest BCUT2D eigenvalue weighted by molar-refractivity contribution is 6.13. The van der Waals surface area contributed by atoms with Crippen molar-refractivity contribution in [3.8, 4) is 0 Å². The van der Waals surface area contributed by atoms with Crippen LogP contribution in [0, 0.1) is 6.92 Å². The van der Waals surface area contributed by atoms with E-state index in [4.69, 9.17) is 0 Å². The minimum atomic E-state index is -0.339. The summed E-state index contributed by atoms with van der Waals surface area (Å²) < 4.78 is 0. The third kappa shape index (κ3) is 1.98. The molecule has 1 aliphatic heterocycles. The summed E-state index contributed by atoms with van der Waals surface area (Å²) in [6.45, 7) is 2.01. The van der Waals surface area contributed by atoms with Gasteiger partial charge >= 0.3 is 0 Å². The molecule has 4 rings (SSSR count). The largest absolute Gasteiger partial charge is 0.325 e. The molecule has 0 saturated carbocycles. The number of hydrogen-bond acceptors (Lipinski definition) is 3. The number of aliphatic imine (C=N–C) groups is 1. The van der Waals surface area contributed by atoms with Crippen LogP contribution in [0.15, 0.2) is 47.6 Å². The number of aromatic nitrogens is 2. The molecule has 5 nitrogen and oxygen atoms in total. The second-order valence-corrected chi connectivity index (χ2v) is 5.42. The molecule has 1 aromatic heterocycles. The number of hydrogen-bond donors (Lipinski definition) is 2. The van der Waals surface area contributed by atoms with Gasteiger partial charge in [-0.05, 0) is 42.3 Å². The molecule has 0 aliphatic carbocycles. The zero-order chi connectivity index (χ0) is 15.1. The quantitative estimate of drug-likeness (QED) is 0.711. The number of carbonyl (C=O) groups is 1. The predicted octanol–water partition coefficient (Wildman–Crippen LogP) is 3.31. The van der Waals surface area contributed by atoms with Gasteiger partial charge in [-0.25, -0.2) is 0 Å². The van der Waals surface area contributed by atoms with Crippen LogP contribution >= 0.6 is 0 Å². The Hall–Kier alpha value is -2.95. The number of aryl methyl sites for hydroxylation is 1. The van der Waals surface area contributed by atoms with Crippen LogP contribution in [0.25, 0.3) is 10.9 Å². The van der Waals surface area contributed by atoms with E-state index in [2.05, 4.69) is 20.5 Å². The highest BCUT2D eigenvalue weighted by Crippen LogP contribution is 2.34. The van der Waals surface area contributed by atoms with Crippen molar-refractivity contribution in [2.24, 2.45) is 4.99 Å². The third-order valence-electron chi connectivity index (χ3n) is 3.97. The molecule has 3 aromatic rings. The van der Waals surface area contributed by atoms with E-state index in [1.165, 1.54) is 0 Å². The fourth-order valence-corrected chi connectivity index (χ4v) is 2.85. The molecule has 2 N–H and O–H groups in total. The molecule has 1 amide bonds. The number of benzene rings is 2. The number of fused-ring (bicyclic) bond motifs is 2. The molecule has 2 heterocycles. The lowest BCUT2D eigenvalue weighted by molar-refractivity contribution is -0.115. The molecular weight excluding hydrogens is 276 g/mol. The van der Waals surface area contributed by atoms with Crippen molar-refractivity contribution in [2.75, 3.05) is 5.32 Å². The molecule has 1 aliphatic rings. The van der Waals surface area contributed by atoms with E-state index < -0.39 is 0 Å². The Bertz CT molecular complexity index is 910. The van der Waals surface area contributed by atoms with Gasteiger partial charge < -0.3 is 5.32 Å². The first-order valence-electron chi connectivity index (χ1n) is 7.10. The van der Waals surface area contributed by atoms with Crippen molar-refractivity contribution in [1.82, 2.24) is 10.2 Å². The van der Waals surface area contributed by atoms with Gasteiger partial charge in [-0.1, -0.05) is 12.1 Å². The number of carbonyl (C=O) groups excluding carboxylic acids is 1. The predicted molar refractivity (Wildman–Crippen MR) is 86.8 cm³/mol. The van der Waals surface area contributed by atoms with E-state index in [0.717, 1.165) is 33.4 Å². The summed E-state index contributed by atoms with van der Waals surface area (Å²) in [5, 5.41) is 10.9. The van der Waals surface area contributed by atoms with Gasteiger partial charge in [0, 0.05) is 17.3 Å². The summed E-state index contributed by atoms with van der Waals surface area (Å²) >= 11 is 0. The average Bonchev–Trinajstić information content (AvgIpc) is 3.09. The maximum atomic E-state index is 12.2. The molecule has 2 aromatic carbocycles. The van der Waals surface area contributed by atoms with Gasteiger partial charge in [-0.3, -0.25) is 14.9 Å². The lowest BCUT2D eigenvalue weighted by Gasteiger charge is -2.05. The number of amides is 1. The monoisotopic (exact) mass is 290 g/mol. The van der Waals surface area contributed by atoms with Crippen LogP contribution in [0.5, 0.6) is 0 Å². The lowest BCUT2D eigenvalue weighted by atomic mass is 9.97. The molecule has 0 bridgehead atoms. The van der Waals surface area contributed by atoms with Crippen molar-refractivity contribution in [2.45, 2.75) is 12.8 Å². The summed E-state index contributed by atoms with van der Waals surface area (Å²) in [5.74, 6) is -0.371. The second kappa shape index (κ2) is 4.80. The Morgan fingerprint density at radius 2 is 2.18 bits per heavy atom. The number of aromatic amines is 1. The zero-order valence-corrected chi connectivity index (χ0v) is 12.0. The summed E-state index contributed by atoms with van der Waals surface area (Å²) in [6.07, 6.45) is 3.48. The fourth-order valence-electron chi connectivity index (χ4n) is 2.85. The Kier molecular flexibility index (Phi) is 2.79. The van der Waals surface area contributed by atoms with E-state index in [1.54, 1.807) is 12.4 Å². The SMILES string of the molecule is Cc1cccc2c1C(C=Nc1ccc3cn[nH]c3c1)C(=O)N2. The molecule has 0 fully saturated rings. The molecule has 0 spiro atoms. The third-order valence-corrected chi connectivity index (χ3v) is 3.97. The number of nitrogens with zero attached hydrogens (tertiary/aromatic N) is 2. The van der Waals surface area contributed by atoms with Crippen molar-refractivity contribution < 1.29 is 4.79 Å². The van der Waals surface area contributed by atoms with Crippen LogP contribution in [-0.2, 0) is 4.79 Å². The fraction of sp³-hybridized carbons (Fsp3) is 0.118. The van der Waals surface area contributed by atoms with Crippen molar-refractivity contribution in [3.63, 3.8) is 0 Å². The minimum Gasteiger partial charge on any atom is -0.325 e. The van der Waals surface area contributed by atoms with Gasteiger partial charge in [0.2, 0.25) is 5.91 Å². The highest BCUT2D eigenvalue weighted by atomic mass is 16.2. The van der Waals surface area contributed by atoms with Gasteiger partial charge in [-0.15, -0.1) is 0 Å². The Labute approximate surface area is 127 Å². The standard InChI is InChI=1S/C17H14N4O/c1-10-3-2-4-14-16(10)13(17(22)20-14)9-18-12-6-5-11-8-19-21-15(11)7-12/h2-9,13H,1H3,(H,19,21)(H,20,22). The summed E-state index contributed by atoms with van der Waals surface area (Å²) in [5.41, 5.74) is 4.72. The molecular formula is C17H14N4O. The lowest BCUT2D eigenvalue weighted by Crippen LogP contribution is -2.13. The smallest absolute Gasteiger partial charge is 0.237 e. The second-order valence-electron chi connectivity index (χ2n) is 5.42. The summed E-state index contributed by atoms with van der Waals surface area (Å²) in [7, 11) is 0. The summed E-state index contributed by atoms with van der Waals surface area (Å²) in [4.78, 5) is 16.6. The molecule has 22 heavy (non-hydrogen) atoms. The van der Waals surface area contributed by atoms with Crippen molar-refractivity contribution in [1.29, 1.82) is 0 Å². The van der Waals surface area contributed by atoms with Gasteiger partial charge in [-0.2, -0.15) is 5.10 Å². The first kappa shape index (κ1) is 12.8. The van der Waals surface area contributed by atoms with Gasteiger partial charge in [0.1, 0.15) is 5.92 Å². The number of rotatable bonds is 2. The maximum Gasteiger partial charge on any atom is 0.237 e. The zero-order valence-electron chi connectivity index (χ0n) is 12.0. The van der Waals surface area contributed by atoms with Crippen LogP contribution < -0.4 is 5.32 Å². The topological polar surface area (TPSA) is 70.1 Å². The number of anilines is 1. The first-order valence-corrected chi connectivity index (χ1v) is 7.10. The van der Waals surface area contributed by atoms with Crippen LogP contribution in [-0.4, -0.2) is 22.3 Å². The minimum absolute atomic E-state index is 0.0318. The Balaban J connectivity index is 1.70. The van der Waals surface area contributed by atoms with Gasteiger partial charge in [0.05, 0.1) is 17.4 Å². The van der Waals surface area contributed by atoms with E-state index in [1.807, 2.05) is 43.3 Å². The molecule has 1 atom stereocenters. The molecule has 0 radical (unpaired) electrons. The highest BCUT2D eigenvalue weighted by Gasteiger charge is 2.30. The van der Waals surface area contributed by atoms with Crippen LogP contribution in [0.1, 0.15) is 17.0 Å². The molecule has 108 valence electrons. The van der Waals surface area contributed by atoms with E-state index in [9.17, 15) is 4.79 Å². The van der Waals surface area contributed by atoms with Crippen molar-refractivity contribution in [3.05, 3.63) is 53.7 Å². The van der Waals surface area contributed by atoms with E-state index in [-0.39, 0.29) is 11.8 Å². The molecule has 1 unspecified atom stereocenters. The van der Waals surface area contributed by atoms with Crippen molar-refractivity contribution >= 4 is 34.4 Å². The average molecular weight is 290 g/mol. The maximum absolute atomic E-state index is 12.2. The first-order chi connectivity index (χ1) is 10.7. The Morgan fingerprint density at radius 1 is 1.27 bits per heavy atom. The van der Waals surface area contributed by atoms with Crippen LogP contribution in [0.4, 0.5) is 11.4 Å². The van der Waals surface area contributed by atoms with Gasteiger partial charge in [0.25, 0.3) is 0 Å². The van der Waals surface area contributed by atoms with E-state index >= 15 is 0 Å². The van der Waals surface area contributed by atoms with Crippen LogP contribution in [0.3, 0.4) is 0 Å². The molecule has 5 heteroatoms. The normalized spacial score (nSPS) is 17.1.